The predicted octanol–water partition coefficient (Wildman–Crippen LogP) is 21.2. The average Bonchev–Trinajstić information content (AvgIpc) is 3.66. The second-order valence-corrected chi connectivity index (χ2v) is 23.1. The highest BCUT2D eigenvalue weighted by Gasteiger charge is 2.48. The van der Waals surface area contributed by atoms with Gasteiger partial charge in [-0.3, -0.25) is 0 Å². The Labute approximate surface area is 487 Å². The molecule has 83 heavy (non-hydrogen) atoms. The highest BCUT2D eigenvalue weighted by atomic mass is 15.1. The smallest absolute Gasteiger partial charge is 0.0676 e. The first kappa shape index (κ1) is 50.0. The van der Waals surface area contributed by atoms with E-state index < -0.39 is 5.41 Å². The first-order chi connectivity index (χ1) is 40.8. The van der Waals surface area contributed by atoms with Gasteiger partial charge >= 0.3 is 0 Å². The lowest BCUT2D eigenvalue weighted by molar-refractivity contribution is 0.660. The molecule has 0 fully saturated rings. The number of para-hydroxylation sites is 2. The van der Waals surface area contributed by atoms with Crippen LogP contribution in [-0.2, 0) is 10.8 Å². The summed E-state index contributed by atoms with van der Waals surface area (Å²) in [6, 6.07) is 96.8. The maximum Gasteiger partial charge on any atom is 0.0676 e. The number of benzene rings is 11. The van der Waals surface area contributed by atoms with Gasteiger partial charge in [-0.1, -0.05) is 233 Å². The number of hydrogen-bond acceptors (Lipinski definition) is 1. The van der Waals surface area contributed by atoms with Crippen LogP contribution in [0.5, 0.6) is 0 Å². The van der Waals surface area contributed by atoms with Crippen LogP contribution in [0, 0.1) is 0 Å². The molecule has 0 saturated carbocycles. The molecule has 0 radical (unpaired) electrons. The van der Waals surface area contributed by atoms with Crippen molar-refractivity contribution in [3.63, 3.8) is 0 Å². The van der Waals surface area contributed by atoms with Crippen LogP contribution in [0.25, 0.3) is 77.2 Å². The van der Waals surface area contributed by atoms with Crippen molar-refractivity contribution in [2.75, 3.05) is 4.90 Å². The Morgan fingerprint density at radius 2 is 1.07 bits per heavy atom. The van der Waals surface area contributed by atoms with Gasteiger partial charge in [0.2, 0.25) is 0 Å². The zero-order valence-electron chi connectivity index (χ0n) is 47.2. The van der Waals surface area contributed by atoms with Crippen molar-refractivity contribution < 1.29 is 0 Å². The lowest BCUT2D eigenvalue weighted by Gasteiger charge is -2.38. The van der Waals surface area contributed by atoms with Crippen LogP contribution in [0.3, 0.4) is 0 Å². The van der Waals surface area contributed by atoms with Crippen LogP contribution < -0.4 is 4.90 Å². The predicted molar refractivity (Wildman–Crippen MR) is 352 cm³/mol. The summed E-state index contributed by atoms with van der Waals surface area (Å²) in [7, 11) is 0. The topological polar surface area (TPSA) is 8.17 Å². The highest BCUT2D eigenvalue weighted by molar-refractivity contribution is 6.10. The largest absolute Gasteiger partial charge is 0.314 e. The van der Waals surface area contributed by atoms with Crippen molar-refractivity contribution in [1.29, 1.82) is 0 Å². The minimum Gasteiger partial charge on any atom is -0.314 e. The first-order valence-corrected chi connectivity index (χ1v) is 29.2. The number of rotatable bonds is 11. The molecule has 0 aliphatic heterocycles. The fourth-order valence-electron chi connectivity index (χ4n) is 14.3. The van der Waals surface area contributed by atoms with Crippen LogP contribution in [0.4, 0.5) is 11.4 Å². The molecule has 1 aromatic heterocycles. The normalized spacial score (nSPS) is 14.9. The summed E-state index contributed by atoms with van der Waals surface area (Å²) in [6.45, 7) is 11.6. The Kier molecular flexibility index (Phi) is 12.0. The van der Waals surface area contributed by atoms with E-state index >= 15 is 0 Å². The molecule has 396 valence electrons. The third-order valence-corrected chi connectivity index (χ3v) is 18.3. The summed E-state index contributed by atoms with van der Waals surface area (Å²) in [6.07, 6.45) is 10.9. The van der Waals surface area contributed by atoms with E-state index in [0.717, 1.165) is 52.2 Å². The fourth-order valence-corrected chi connectivity index (χ4v) is 14.3. The standard InChI is InChI=1S/C81H62N2/c1-5-55(34-33-54(2)58-40-48-79-73(50-58)71-30-18-20-32-78(71)83(79)64-27-13-8-14-28-64)57-37-41-65(42-38-57)82(66-44-47-75-72(52-66)68-29-17-19-31-74(68)81(75,62-23-9-6-10-24-62)63-25-11-7-12-26-63)67-43-46-70-69-45-39-61(51-76(69)80(3,4)77(70)53-67)60-36-35-56-21-15-16-22-59(56)49-60/h5-43,45-46,48-53H,2,44,47H2,1,3-4H3/b34-33-,55-5+. The molecule has 0 spiro atoms. The summed E-state index contributed by atoms with van der Waals surface area (Å²) in [5.41, 5.74) is 26.7. The quantitative estimate of drug-likeness (QED) is 0.117. The molecule has 0 N–H and O–H groups in total. The molecule has 0 amide bonds. The number of allylic oxidation sites excluding steroid dienone is 9. The molecule has 11 aromatic carbocycles. The minimum atomic E-state index is -0.407. The lowest BCUT2D eigenvalue weighted by Crippen LogP contribution is -2.31. The third kappa shape index (κ3) is 8.07. The molecule has 2 nitrogen and oxygen atoms in total. The molecule has 0 atom stereocenters. The Morgan fingerprint density at radius 3 is 1.83 bits per heavy atom. The van der Waals surface area contributed by atoms with Crippen molar-refractivity contribution in [2.45, 2.75) is 44.4 Å². The number of aromatic nitrogens is 1. The summed E-state index contributed by atoms with van der Waals surface area (Å²) < 4.78 is 2.36. The Morgan fingerprint density at radius 1 is 0.470 bits per heavy atom. The highest BCUT2D eigenvalue weighted by Crippen LogP contribution is 2.59. The van der Waals surface area contributed by atoms with Gasteiger partial charge in [0.25, 0.3) is 0 Å². The summed E-state index contributed by atoms with van der Waals surface area (Å²) in [5.74, 6) is 0. The van der Waals surface area contributed by atoms with E-state index in [1.165, 1.54) is 105 Å². The summed E-state index contributed by atoms with van der Waals surface area (Å²) >= 11 is 0. The van der Waals surface area contributed by atoms with Crippen molar-refractivity contribution in [3.05, 3.63) is 348 Å². The molecule has 0 saturated heterocycles. The molecule has 12 aromatic rings. The van der Waals surface area contributed by atoms with E-state index in [-0.39, 0.29) is 5.41 Å². The minimum absolute atomic E-state index is 0.237. The van der Waals surface area contributed by atoms with Crippen molar-refractivity contribution in [3.8, 4) is 27.9 Å². The van der Waals surface area contributed by atoms with Crippen molar-refractivity contribution in [1.82, 2.24) is 4.57 Å². The molecule has 0 unspecified atom stereocenters. The van der Waals surface area contributed by atoms with Crippen molar-refractivity contribution in [2.24, 2.45) is 0 Å². The van der Waals surface area contributed by atoms with Gasteiger partial charge in [-0.25, -0.2) is 0 Å². The van der Waals surface area contributed by atoms with Crippen LogP contribution in [0.15, 0.2) is 303 Å². The third-order valence-electron chi connectivity index (χ3n) is 18.3. The fraction of sp³-hybridized carbons (Fsp3) is 0.0864. The van der Waals surface area contributed by atoms with E-state index in [1.807, 2.05) is 0 Å². The SMILES string of the molecule is C=C(/C=C\C(=C/C)c1ccc(N(C2=CC3=C(CC2)C(c2ccccc2)(c2ccccc2)c2ccccc23)c2ccc3c(c2)C(C)(C)c2cc(-c4ccc5ccccc5c4)ccc2-3)cc1)c1ccc2c(c1)c1ccccc1n2-c1ccccc1. The number of hydrogen-bond donors (Lipinski definition) is 0. The maximum atomic E-state index is 4.62. The molecule has 2 heteroatoms. The second-order valence-electron chi connectivity index (χ2n) is 23.1. The Bertz CT molecular complexity index is 4660. The van der Waals surface area contributed by atoms with Gasteiger partial charge in [-0.2, -0.15) is 0 Å². The monoisotopic (exact) mass is 1060 g/mol. The summed E-state index contributed by atoms with van der Waals surface area (Å²) in [5, 5.41) is 4.97. The van der Waals surface area contributed by atoms with Gasteiger partial charge in [0.05, 0.1) is 16.4 Å². The summed E-state index contributed by atoms with van der Waals surface area (Å²) in [4.78, 5) is 2.55. The van der Waals surface area contributed by atoms with Gasteiger partial charge in [-0.05, 0) is 192 Å². The van der Waals surface area contributed by atoms with Gasteiger partial charge < -0.3 is 9.47 Å². The van der Waals surface area contributed by atoms with Gasteiger partial charge in [0, 0.05) is 38.9 Å². The molecule has 3 aliphatic carbocycles. The van der Waals surface area contributed by atoms with Gasteiger partial charge in [-0.15, -0.1) is 0 Å². The van der Waals surface area contributed by atoms with E-state index in [0.29, 0.717) is 0 Å². The van der Waals surface area contributed by atoms with Crippen molar-refractivity contribution >= 4 is 60.7 Å². The Hall–Kier alpha value is -10.0. The molecular formula is C81H62N2. The second kappa shape index (κ2) is 19.9. The van der Waals surface area contributed by atoms with E-state index in [1.54, 1.807) is 0 Å². The molecule has 15 rings (SSSR count). The van der Waals surface area contributed by atoms with E-state index in [2.05, 4.69) is 322 Å². The molecule has 1 heterocycles. The van der Waals surface area contributed by atoms with Crippen LogP contribution in [0.1, 0.15) is 78.1 Å². The average molecular weight is 1060 g/mol. The van der Waals surface area contributed by atoms with Crippen LogP contribution in [-0.4, -0.2) is 4.57 Å². The first-order valence-electron chi connectivity index (χ1n) is 29.2. The van der Waals surface area contributed by atoms with Crippen LogP contribution >= 0.6 is 0 Å². The number of fused-ring (bicyclic) bond motifs is 9. The number of anilines is 2. The van der Waals surface area contributed by atoms with E-state index in [4.69, 9.17) is 0 Å². The van der Waals surface area contributed by atoms with Gasteiger partial charge in [0.1, 0.15) is 0 Å². The number of nitrogens with zero attached hydrogens (tertiary/aromatic N) is 2. The maximum absolute atomic E-state index is 4.62. The molecular weight excluding hydrogens is 1000 g/mol. The lowest BCUT2D eigenvalue weighted by atomic mass is 9.65. The van der Waals surface area contributed by atoms with Crippen LogP contribution in [0.2, 0.25) is 0 Å². The Balaban J connectivity index is 0.813. The van der Waals surface area contributed by atoms with E-state index in [9.17, 15) is 0 Å². The zero-order chi connectivity index (χ0) is 55.8. The molecule has 3 aliphatic rings. The molecule has 0 bridgehead atoms. The zero-order valence-corrected chi connectivity index (χ0v) is 47.2. The van der Waals surface area contributed by atoms with Gasteiger partial charge in [0.15, 0.2) is 0 Å².